The van der Waals surface area contributed by atoms with E-state index in [2.05, 4.69) is 0 Å². The highest BCUT2D eigenvalue weighted by molar-refractivity contribution is 6.38. The number of alkyl halides is 1. The average Bonchev–Trinajstić information content (AvgIpc) is 2.33. The molecular formula is C13H8Cl4. The summed E-state index contributed by atoms with van der Waals surface area (Å²) < 4.78 is 0. The van der Waals surface area contributed by atoms with Gasteiger partial charge in [0.25, 0.3) is 0 Å². The molecule has 17 heavy (non-hydrogen) atoms. The van der Waals surface area contributed by atoms with Crippen LogP contribution in [-0.2, 0) is 5.88 Å². The molecule has 4 heteroatoms. The lowest BCUT2D eigenvalue weighted by atomic mass is 10.0. The van der Waals surface area contributed by atoms with Crippen molar-refractivity contribution >= 4 is 46.4 Å². The van der Waals surface area contributed by atoms with Gasteiger partial charge in [-0.15, -0.1) is 11.6 Å². The number of hydrogen-bond acceptors (Lipinski definition) is 0. The maximum absolute atomic E-state index is 6.28. The van der Waals surface area contributed by atoms with Gasteiger partial charge in [-0.25, -0.2) is 0 Å². The lowest BCUT2D eigenvalue weighted by Gasteiger charge is -2.10. The van der Waals surface area contributed by atoms with E-state index in [1.807, 2.05) is 18.2 Å². The van der Waals surface area contributed by atoms with Crippen molar-refractivity contribution < 1.29 is 0 Å². The predicted octanol–water partition coefficient (Wildman–Crippen LogP) is 6.05. The van der Waals surface area contributed by atoms with Crippen molar-refractivity contribution in [1.82, 2.24) is 0 Å². The van der Waals surface area contributed by atoms with E-state index in [0.29, 0.717) is 20.9 Å². The third kappa shape index (κ3) is 2.71. The van der Waals surface area contributed by atoms with E-state index in [1.165, 1.54) is 0 Å². The van der Waals surface area contributed by atoms with Crippen molar-refractivity contribution in [2.45, 2.75) is 5.88 Å². The largest absolute Gasteiger partial charge is 0.121 e. The van der Waals surface area contributed by atoms with Crippen LogP contribution >= 0.6 is 46.4 Å². The zero-order chi connectivity index (χ0) is 12.4. The predicted molar refractivity (Wildman–Crippen MR) is 76.5 cm³/mol. The molecule has 0 atom stereocenters. The fourth-order valence-corrected chi connectivity index (χ4v) is 2.57. The van der Waals surface area contributed by atoms with E-state index in [4.69, 9.17) is 46.4 Å². The lowest BCUT2D eigenvalue weighted by Crippen LogP contribution is -1.86. The van der Waals surface area contributed by atoms with Crippen LogP contribution in [0, 0.1) is 0 Å². The van der Waals surface area contributed by atoms with Crippen LogP contribution in [0.25, 0.3) is 11.1 Å². The standard InChI is InChI=1S/C13H8Cl4/c14-7-8-2-1-3-10(13(8)17)11-6-9(15)4-5-12(11)16/h1-6H,7H2. The van der Waals surface area contributed by atoms with Crippen molar-refractivity contribution in [3.05, 3.63) is 57.0 Å². The molecule has 0 saturated carbocycles. The second-order valence-corrected chi connectivity index (χ2v) is 5.03. The molecule has 88 valence electrons. The van der Waals surface area contributed by atoms with Crippen LogP contribution in [0.15, 0.2) is 36.4 Å². The van der Waals surface area contributed by atoms with E-state index in [0.717, 1.165) is 16.7 Å². The quantitative estimate of drug-likeness (QED) is 0.592. The Morgan fingerprint density at radius 3 is 2.35 bits per heavy atom. The van der Waals surface area contributed by atoms with E-state index in [9.17, 15) is 0 Å². The van der Waals surface area contributed by atoms with Crippen molar-refractivity contribution in [1.29, 1.82) is 0 Å². The van der Waals surface area contributed by atoms with Crippen LogP contribution in [0.2, 0.25) is 15.1 Å². The fourth-order valence-electron chi connectivity index (χ4n) is 1.59. The smallest absolute Gasteiger partial charge is 0.0529 e. The maximum Gasteiger partial charge on any atom is 0.0529 e. The van der Waals surface area contributed by atoms with Crippen LogP contribution in [0.1, 0.15) is 5.56 Å². The molecule has 0 nitrogen and oxygen atoms in total. The monoisotopic (exact) mass is 304 g/mol. The van der Waals surface area contributed by atoms with Crippen molar-refractivity contribution in [2.75, 3.05) is 0 Å². The number of hydrogen-bond donors (Lipinski definition) is 0. The van der Waals surface area contributed by atoms with Crippen LogP contribution in [0.4, 0.5) is 0 Å². The lowest BCUT2D eigenvalue weighted by molar-refractivity contribution is 1.40. The number of halogens is 4. The van der Waals surface area contributed by atoms with Crippen LogP contribution in [0.3, 0.4) is 0 Å². The summed E-state index contributed by atoms with van der Waals surface area (Å²) in [5.74, 6) is 0.366. The molecule has 0 aliphatic heterocycles. The first kappa shape index (κ1) is 13.0. The Kier molecular flexibility index (Phi) is 4.22. The minimum Gasteiger partial charge on any atom is -0.121 e. The summed E-state index contributed by atoms with van der Waals surface area (Å²) in [6, 6.07) is 11.0. The van der Waals surface area contributed by atoms with Gasteiger partial charge < -0.3 is 0 Å². The summed E-state index contributed by atoms with van der Waals surface area (Å²) in [5, 5.41) is 1.85. The van der Waals surface area contributed by atoms with Gasteiger partial charge in [0.1, 0.15) is 0 Å². The molecule has 0 N–H and O–H groups in total. The van der Waals surface area contributed by atoms with Gasteiger partial charge in [-0.05, 0) is 23.8 Å². The highest BCUT2D eigenvalue weighted by Gasteiger charge is 2.10. The van der Waals surface area contributed by atoms with Gasteiger partial charge in [0.05, 0.1) is 5.02 Å². The van der Waals surface area contributed by atoms with Crippen molar-refractivity contribution in [2.24, 2.45) is 0 Å². The molecule has 0 heterocycles. The molecule has 0 aromatic heterocycles. The summed E-state index contributed by atoms with van der Waals surface area (Å²) in [5.41, 5.74) is 2.54. The SMILES string of the molecule is ClCc1cccc(-c2cc(Cl)ccc2Cl)c1Cl. The van der Waals surface area contributed by atoms with Gasteiger partial charge in [-0.2, -0.15) is 0 Å². The Morgan fingerprint density at radius 2 is 1.65 bits per heavy atom. The van der Waals surface area contributed by atoms with E-state index in [-0.39, 0.29) is 0 Å². The average molecular weight is 306 g/mol. The summed E-state index contributed by atoms with van der Waals surface area (Å²) in [4.78, 5) is 0. The first-order chi connectivity index (χ1) is 8.13. The minimum absolute atomic E-state index is 0.366. The number of benzene rings is 2. The summed E-state index contributed by atoms with van der Waals surface area (Å²) in [7, 11) is 0. The van der Waals surface area contributed by atoms with Gasteiger partial charge in [0.2, 0.25) is 0 Å². The van der Waals surface area contributed by atoms with Crippen LogP contribution in [0.5, 0.6) is 0 Å². The van der Waals surface area contributed by atoms with E-state index >= 15 is 0 Å². The van der Waals surface area contributed by atoms with E-state index < -0.39 is 0 Å². The molecule has 2 aromatic carbocycles. The molecule has 0 amide bonds. The second-order valence-electron chi connectivity index (χ2n) is 3.54. The molecule has 0 aliphatic rings. The maximum atomic E-state index is 6.28. The van der Waals surface area contributed by atoms with Gasteiger partial charge in [-0.3, -0.25) is 0 Å². The highest BCUT2D eigenvalue weighted by atomic mass is 35.5. The summed E-state index contributed by atoms with van der Waals surface area (Å²) >= 11 is 24.2. The molecule has 0 bridgehead atoms. The molecular weight excluding hydrogens is 298 g/mol. The van der Waals surface area contributed by atoms with Crippen LogP contribution < -0.4 is 0 Å². The third-order valence-corrected chi connectivity index (χ3v) is 3.74. The normalized spacial score (nSPS) is 10.6. The van der Waals surface area contributed by atoms with Gasteiger partial charge in [0, 0.05) is 27.1 Å². The summed E-state index contributed by atoms with van der Waals surface area (Å²) in [6.45, 7) is 0. The first-order valence-electron chi connectivity index (χ1n) is 4.92. The third-order valence-electron chi connectivity index (χ3n) is 2.44. The topological polar surface area (TPSA) is 0 Å². The Morgan fingerprint density at radius 1 is 0.882 bits per heavy atom. The molecule has 0 saturated heterocycles. The molecule has 0 radical (unpaired) electrons. The molecule has 2 aromatic rings. The van der Waals surface area contributed by atoms with Crippen LogP contribution in [-0.4, -0.2) is 0 Å². The number of rotatable bonds is 2. The molecule has 0 fully saturated rings. The van der Waals surface area contributed by atoms with Crippen molar-refractivity contribution in [3.8, 4) is 11.1 Å². The fraction of sp³-hybridized carbons (Fsp3) is 0.0769. The van der Waals surface area contributed by atoms with Gasteiger partial charge >= 0.3 is 0 Å². The first-order valence-corrected chi connectivity index (χ1v) is 6.59. The Balaban J connectivity index is 2.64. The molecule has 0 spiro atoms. The zero-order valence-corrected chi connectivity index (χ0v) is 11.7. The van der Waals surface area contributed by atoms with Gasteiger partial charge in [0.15, 0.2) is 0 Å². The van der Waals surface area contributed by atoms with E-state index in [1.54, 1.807) is 18.2 Å². The van der Waals surface area contributed by atoms with Gasteiger partial charge in [-0.1, -0.05) is 53.0 Å². The molecule has 0 unspecified atom stereocenters. The minimum atomic E-state index is 0.366. The second kappa shape index (κ2) is 5.49. The zero-order valence-electron chi connectivity index (χ0n) is 8.68. The molecule has 2 rings (SSSR count). The highest BCUT2D eigenvalue weighted by Crippen LogP contribution is 2.36. The molecule has 0 aliphatic carbocycles. The van der Waals surface area contributed by atoms with Crippen molar-refractivity contribution in [3.63, 3.8) is 0 Å². The summed E-state index contributed by atoms with van der Waals surface area (Å²) in [6.07, 6.45) is 0. The Bertz CT molecular complexity index is 549. The Labute approximate surface area is 120 Å². The Hall–Kier alpha value is -0.400.